The summed E-state index contributed by atoms with van der Waals surface area (Å²) in [6, 6.07) is 14.5. The van der Waals surface area contributed by atoms with Crippen LogP contribution in [0.15, 0.2) is 52.9 Å². The zero-order chi connectivity index (χ0) is 14.8. The van der Waals surface area contributed by atoms with Crippen LogP contribution in [0.2, 0.25) is 0 Å². The fraction of sp³-hybridized carbons (Fsp3) is 0.0588. The first-order valence-corrected chi connectivity index (χ1v) is 6.40. The van der Waals surface area contributed by atoms with Crippen LogP contribution >= 0.6 is 0 Å². The lowest BCUT2D eigenvalue weighted by molar-refractivity contribution is 0.0601. The highest BCUT2D eigenvalue weighted by molar-refractivity contribution is 6.07. The van der Waals surface area contributed by atoms with E-state index in [-0.39, 0.29) is 5.76 Å². The van der Waals surface area contributed by atoms with Crippen molar-refractivity contribution in [2.75, 3.05) is 7.11 Å². The molecule has 4 nitrogen and oxygen atoms in total. The third-order valence-corrected chi connectivity index (χ3v) is 3.32. The van der Waals surface area contributed by atoms with Gasteiger partial charge in [0.15, 0.2) is 12.0 Å². The van der Waals surface area contributed by atoms with E-state index in [1.54, 1.807) is 18.2 Å². The number of benzene rings is 2. The summed E-state index contributed by atoms with van der Waals surface area (Å²) in [4.78, 5) is 22.8. The van der Waals surface area contributed by atoms with Gasteiger partial charge in [0.25, 0.3) is 0 Å². The van der Waals surface area contributed by atoms with Crippen LogP contribution in [-0.4, -0.2) is 19.4 Å². The number of hydrogen-bond donors (Lipinski definition) is 0. The summed E-state index contributed by atoms with van der Waals surface area (Å²) in [7, 11) is 1.33. The first-order chi connectivity index (χ1) is 10.2. The van der Waals surface area contributed by atoms with E-state index < -0.39 is 5.97 Å². The quantitative estimate of drug-likeness (QED) is 0.542. The summed E-state index contributed by atoms with van der Waals surface area (Å²) in [5.41, 5.74) is 1.04. The molecule has 0 radical (unpaired) electrons. The van der Waals surface area contributed by atoms with Gasteiger partial charge in [-0.25, -0.2) is 4.79 Å². The van der Waals surface area contributed by atoms with E-state index in [0.717, 1.165) is 10.8 Å². The van der Waals surface area contributed by atoms with Crippen molar-refractivity contribution >= 4 is 23.0 Å². The van der Waals surface area contributed by atoms with Gasteiger partial charge in [0.1, 0.15) is 5.76 Å². The molecule has 0 fully saturated rings. The summed E-state index contributed by atoms with van der Waals surface area (Å²) in [5.74, 6) is 0.239. The molecule has 3 aromatic rings. The molecule has 0 atom stereocenters. The highest BCUT2D eigenvalue weighted by Crippen LogP contribution is 2.33. The second-order valence-corrected chi connectivity index (χ2v) is 4.52. The SMILES string of the molecule is COC(=O)c1ccc2ccccc2c1-c1ccc(C=O)o1. The standard InChI is InChI=1S/C17H12O4/c1-20-17(19)14-8-6-11-4-2-3-5-13(11)16(14)15-9-7-12(10-18)21-15/h2-10H,1H3. The molecule has 0 saturated carbocycles. The number of ether oxygens (including phenoxy) is 1. The number of rotatable bonds is 3. The van der Waals surface area contributed by atoms with E-state index in [1.807, 2.05) is 30.3 Å². The summed E-state index contributed by atoms with van der Waals surface area (Å²) < 4.78 is 10.3. The summed E-state index contributed by atoms with van der Waals surface area (Å²) in [6.07, 6.45) is 0.631. The first kappa shape index (κ1) is 13.1. The number of fused-ring (bicyclic) bond motifs is 1. The molecular weight excluding hydrogens is 268 g/mol. The molecule has 2 aromatic carbocycles. The molecule has 104 valence electrons. The molecule has 4 heteroatoms. The van der Waals surface area contributed by atoms with Gasteiger partial charge in [-0.3, -0.25) is 4.79 Å². The maximum Gasteiger partial charge on any atom is 0.338 e. The molecule has 1 heterocycles. The molecule has 0 saturated heterocycles. The van der Waals surface area contributed by atoms with Crippen molar-refractivity contribution < 1.29 is 18.7 Å². The third kappa shape index (κ3) is 2.21. The Morgan fingerprint density at radius 2 is 1.90 bits per heavy atom. The van der Waals surface area contributed by atoms with Gasteiger partial charge in [0, 0.05) is 5.56 Å². The molecule has 1 aromatic heterocycles. The molecule has 0 aliphatic heterocycles. The molecule has 0 spiro atoms. The van der Waals surface area contributed by atoms with Crippen LogP contribution < -0.4 is 0 Å². The molecule has 0 amide bonds. The minimum absolute atomic E-state index is 0.216. The van der Waals surface area contributed by atoms with Crippen molar-refractivity contribution in [2.24, 2.45) is 0 Å². The number of furan rings is 1. The summed E-state index contributed by atoms with van der Waals surface area (Å²) >= 11 is 0. The predicted molar refractivity (Wildman–Crippen MR) is 78.4 cm³/mol. The van der Waals surface area contributed by atoms with Crippen LogP contribution in [0.3, 0.4) is 0 Å². The smallest absolute Gasteiger partial charge is 0.338 e. The zero-order valence-corrected chi connectivity index (χ0v) is 11.3. The monoisotopic (exact) mass is 280 g/mol. The van der Waals surface area contributed by atoms with Crippen molar-refractivity contribution in [3.05, 3.63) is 59.9 Å². The largest absolute Gasteiger partial charge is 0.465 e. The minimum Gasteiger partial charge on any atom is -0.465 e. The second kappa shape index (κ2) is 5.25. The van der Waals surface area contributed by atoms with E-state index in [1.165, 1.54) is 7.11 Å². The van der Waals surface area contributed by atoms with E-state index in [2.05, 4.69) is 0 Å². The van der Waals surface area contributed by atoms with Gasteiger partial charge in [-0.2, -0.15) is 0 Å². The molecule has 0 bridgehead atoms. The van der Waals surface area contributed by atoms with Gasteiger partial charge in [-0.1, -0.05) is 30.3 Å². The van der Waals surface area contributed by atoms with Crippen molar-refractivity contribution in [3.8, 4) is 11.3 Å². The van der Waals surface area contributed by atoms with E-state index >= 15 is 0 Å². The number of esters is 1. The topological polar surface area (TPSA) is 56.5 Å². The Balaban J connectivity index is 2.34. The lowest BCUT2D eigenvalue weighted by atomic mass is 9.97. The Hall–Kier alpha value is -2.88. The summed E-state index contributed by atoms with van der Waals surface area (Å²) in [5, 5.41) is 1.84. The van der Waals surface area contributed by atoms with Gasteiger partial charge in [-0.05, 0) is 29.0 Å². The van der Waals surface area contributed by atoms with Crippen LogP contribution in [0.1, 0.15) is 20.9 Å². The predicted octanol–water partition coefficient (Wildman–Crippen LogP) is 3.70. The zero-order valence-electron chi connectivity index (χ0n) is 11.3. The number of carbonyl (C=O) groups is 2. The second-order valence-electron chi connectivity index (χ2n) is 4.52. The fourth-order valence-electron chi connectivity index (χ4n) is 2.37. The maximum absolute atomic E-state index is 12.0. The molecule has 0 unspecified atom stereocenters. The van der Waals surface area contributed by atoms with Crippen molar-refractivity contribution in [1.82, 2.24) is 0 Å². The Kier molecular flexibility index (Phi) is 3.28. The van der Waals surface area contributed by atoms with E-state index in [9.17, 15) is 9.59 Å². The van der Waals surface area contributed by atoms with Crippen LogP contribution in [0.4, 0.5) is 0 Å². The molecule has 0 aliphatic rings. The van der Waals surface area contributed by atoms with Gasteiger partial charge in [0.05, 0.1) is 12.7 Å². The fourth-order valence-corrected chi connectivity index (χ4v) is 2.37. The van der Waals surface area contributed by atoms with E-state index in [4.69, 9.17) is 9.15 Å². The molecule has 0 N–H and O–H groups in total. The highest BCUT2D eigenvalue weighted by atomic mass is 16.5. The van der Waals surface area contributed by atoms with Crippen LogP contribution in [-0.2, 0) is 4.74 Å². The third-order valence-electron chi connectivity index (χ3n) is 3.32. The van der Waals surface area contributed by atoms with Gasteiger partial charge in [-0.15, -0.1) is 0 Å². The Morgan fingerprint density at radius 3 is 2.62 bits per heavy atom. The van der Waals surface area contributed by atoms with Gasteiger partial charge >= 0.3 is 5.97 Å². The van der Waals surface area contributed by atoms with Crippen LogP contribution in [0.5, 0.6) is 0 Å². The summed E-state index contributed by atoms with van der Waals surface area (Å²) in [6.45, 7) is 0. The van der Waals surface area contributed by atoms with Crippen molar-refractivity contribution in [3.63, 3.8) is 0 Å². The first-order valence-electron chi connectivity index (χ1n) is 6.40. The molecule has 21 heavy (non-hydrogen) atoms. The average molecular weight is 280 g/mol. The Labute approximate surface area is 120 Å². The highest BCUT2D eigenvalue weighted by Gasteiger charge is 2.18. The number of carbonyl (C=O) groups excluding carboxylic acids is 2. The number of aldehydes is 1. The number of methoxy groups -OCH3 is 1. The van der Waals surface area contributed by atoms with E-state index in [0.29, 0.717) is 23.2 Å². The van der Waals surface area contributed by atoms with Gasteiger partial charge in [0.2, 0.25) is 0 Å². The molecule has 0 aliphatic carbocycles. The Bertz CT molecular complexity index is 830. The van der Waals surface area contributed by atoms with Crippen LogP contribution in [0, 0.1) is 0 Å². The average Bonchev–Trinajstić information content (AvgIpc) is 3.01. The lowest BCUT2D eigenvalue weighted by Crippen LogP contribution is -2.03. The van der Waals surface area contributed by atoms with Crippen LogP contribution in [0.25, 0.3) is 22.1 Å². The normalized spacial score (nSPS) is 10.5. The lowest BCUT2D eigenvalue weighted by Gasteiger charge is -2.09. The number of hydrogen-bond acceptors (Lipinski definition) is 4. The Morgan fingerprint density at radius 1 is 1.10 bits per heavy atom. The van der Waals surface area contributed by atoms with Crippen molar-refractivity contribution in [1.29, 1.82) is 0 Å². The van der Waals surface area contributed by atoms with Crippen molar-refractivity contribution in [2.45, 2.75) is 0 Å². The minimum atomic E-state index is -0.445. The van der Waals surface area contributed by atoms with Gasteiger partial charge < -0.3 is 9.15 Å². The molecular formula is C17H12O4. The maximum atomic E-state index is 12.0. The molecule has 3 rings (SSSR count).